The van der Waals surface area contributed by atoms with E-state index >= 15 is 0 Å². The van der Waals surface area contributed by atoms with Crippen LogP contribution in [0.1, 0.15) is 0 Å². The van der Waals surface area contributed by atoms with E-state index in [0.29, 0.717) is 20.1 Å². The number of hydrogen-bond donors (Lipinski definition) is 0. The lowest BCUT2D eigenvalue weighted by atomic mass is 10.3. The van der Waals surface area contributed by atoms with Crippen LogP contribution in [0.25, 0.3) is 0 Å². The van der Waals surface area contributed by atoms with Gasteiger partial charge in [0.15, 0.2) is 0 Å². The monoisotopic (exact) mass is 482 g/mol. The maximum absolute atomic E-state index is 6.89. The van der Waals surface area contributed by atoms with Gasteiger partial charge in [0, 0.05) is 0 Å². The molecule has 0 amide bonds. The van der Waals surface area contributed by atoms with E-state index in [1.807, 2.05) is 36.4 Å². The van der Waals surface area contributed by atoms with Crippen LogP contribution in [0.15, 0.2) is 60.7 Å². The first-order chi connectivity index (χ1) is 13.1. The van der Waals surface area contributed by atoms with E-state index in [4.69, 9.17) is 46.4 Å². The second-order valence-corrected chi connectivity index (χ2v) is 18.2. The van der Waals surface area contributed by atoms with Crippen molar-refractivity contribution in [3.63, 3.8) is 0 Å². The summed E-state index contributed by atoms with van der Waals surface area (Å²) in [4.78, 5) is 0. The van der Waals surface area contributed by atoms with E-state index in [-0.39, 0.29) is 0 Å². The zero-order valence-electron chi connectivity index (χ0n) is 16.3. The first kappa shape index (κ1) is 22.0. The van der Waals surface area contributed by atoms with Crippen molar-refractivity contribution in [2.24, 2.45) is 0 Å². The summed E-state index contributed by atoms with van der Waals surface area (Å²) in [6, 6.07) is 20.7. The van der Waals surface area contributed by atoms with Gasteiger partial charge in [0.2, 0.25) is 0 Å². The van der Waals surface area contributed by atoms with Crippen LogP contribution in [0.2, 0.25) is 46.3 Å². The van der Waals surface area contributed by atoms with Gasteiger partial charge in [-0.15, -0.1) is 0 Å². The van der Waals surface area contributed by atoms with Crippen LogP contribution in [-0.2, 0) is 0 Å². The fraction of sp³-hybridized carbons (Fsp3) is 0.182. The summed E-state index contributed by atoms with van der Waals surface area (Å²) < 4.78 is 0. The normalized spacial score (nSPS) is 12.3. The third-order valence-corrected chi connectivity index (χ3v) is 14.9. The minimum atomic E-state index is -2.19. The van der Waals surface area contributed by atoms with E-state index in [9.17, 15) is 0 Å². The fourth-order valence-corrected chi connectivity index (χ4v) is 13.1. The molecule has 0 radical (unpaired) electrons. The Balaban J connectivity index is 2.27. The molecule has 0 aliphatic carbocycles. The van der Waals surface area contributed by atoms with Crippen LogP contribution in [0, 0.1) is 0 Å². The molecule has 0 saturated carbocycles. The number of hydrogen-bond acceptors (Lipinski definition) is 0. The summed E-state index contributed by atoms with van der Waals surface area (Å²) in [6.07, 6.45) is 0. The molecule has 0 unspecified atom stereocenters. The Bertz CT molecular complexity index is 889. The molecule has 0 atom stereocenters. The summed E-state index contributed by atoms with van der Waals surface area (Å²) in [5, 5.41) is 6.45. The molecule has 0 aliphatic heterocycles. The highest BCUT2D eigenvalue weighted by Crippen LogP contribution is 2.33. The minimum Gasteiger partial charge on any atom is -0.0828 e. The van der Waals surface area contributed by atoms with E-state index in [1.165, 1.54) is 10.4 Å². The Hall–Kier alpha value is -0.746. The van der Waals surface area contributed by atoms with Gasteiger partial charge in [0.05, 0.1) is 20.1 Å². The maximum atomic E-state index is 6.89. The van der Waals surface area contributed by atoms with Crippen molar-refractivity contribution < 1.29 is 0 Å². The molecular weight excluding hydrogens is 462 g/mol. The molecular formula is C22H22Cl4Si2. The topological polar surface area (TPSA) is 0 Å². The molecule has 0 nitrogen and oxygen atoms in total. The van der Waals surface area contributed by atoms with Gasteiger partial charge < -0.3 is 0 Å². The van der Waals surface area contributed by atoms with Gasteiger partial charge in [-0.25, -0.2) is 0 Å². The smallest absolute Gasteiger partial charge is 0.0828 e. The summed E-state index contributed by atoms with van der Waals surface area (Å²) in [5.41, 5.74) is 0. The molecule has 0 bridgehead atoms. The van der Waals surface area contributed by atoms with Crippen LogP contribution in [0.4, 0.5) is 0 Å². The molecule has 0 N–H and O–H groups in total. The Labute approximate surface area is 189 Å². The lowest BCUT2D eigenvalue weighted by Gasteiger charge is -2.32. The molecule has 6 heteroatoms. The highest BCUT2D eigenvalue weighted by Gasteiger charge is 2.38. The Morgan fingerprint density at radius 1 is 0.464 bits per heavy atom. The third kappa shape index (κ3) is 3.71. The Morgan fingerprint density at radius 2 is 0.714 bits per heavy atom. The number of rotatable bonds is 4. The van der Waals surface area contributed by atoms with E-state index in [1.54, 1.807) is 0 Å². The van der Waals surface area contributed by atoms with Gasteiger partial charge in [0.25, 0.3) is 0 Å². The van der Waals surface area contributed by atoms with Crippen molar-refractivity contribution in [1.82, 2.24) is 0 Å². The lowest BCUT2D eigenvalue weighted by Crippen LogP contribution is -2.57. The van der Waals surface area contributed by atoms with E-state index < -0.39 is 16.1 Å². The minimum absolute atomic E-state index is 0.545. The quantitative estimate of drug-likeness (QED) is 0.318. The Morgan fingerprint density at radius 3 is 0.964 bits per heavy atom. The zero-order chi connectivity index (χ0) is 20.7. The summed E-state index contributed by atoms with van der Waals surface area (Å²) in [7, 11) is -4.37. The summed E-state index contributed by atoms with van der Waals surface area (Å²) in [6.45, 7) is 8.89. The van der Waals surface area contributed by atoms with E-state index in [2.05, 4.69) is 50.5 Å². The van der Waals surface area contributed by atoms with Crippen molar-refractivity contribution in [1.29, 1.82) is 0 Å². The predicted molar refractivity (Wildman–Crippen MR) is 133 cm³/mol. The van der Waals surface area contributed by atoms with Crippen molar-refractivity contribution in [2.45, 2.75) is 26.2 Å². The second-order valence-electron chi connectivity index (χ2n) is 7.99. The van der Waals surface area contributed by atoms with Gasteiger partial charge in [-0.05, 0) is 10.4 Å². The van der Waals surface area contributed by atoms with Crippen molar-refractivity contribution in [3.8, 4) is 0 Å². The number of benzene rings is 3. The van der Waals surface area contributed by atoms with Crippen LogP contribution < -0.4 is 20.7 Å². The van der Waals surface area contributed by atoms with Gasteiger partial charge in [-0.3, -0.25) is 0 Å². The lowest BCUT2D eigenvalue weighted by molar-refractivity contribution is 1.65. The molecule has 3 aromatic rings. The molecule has 0 fully saturated rings. The third-order valence-electron chi connectivity index (χ3n) is 5.50. The van der Waals surface area contributed by atoms with Crippen LogP contribution in [-0.4, -0.2) is 16.1 Å². The largest absolute Gasteiger partial charge is 0.116 e. The zero-order valence-corrected chi connectivity index (χ0v) is 21.3. The summed E-state index contributed by atoms with van der Waals surface area (Å²) in [5.74, 6) is 0. The average Bonchev–Trinajstić information content (AvgIpc) is 2.68. The predicted octanol–water partition coefficient (Wildman–Crippen LogP) is 5.95. The molecule has 3 rings (SSSR count). The second kappa shape index (κ2) is 8.18. The summed E-state index contributed by atoms with van der Waals surface area (Å²) >= 11 is 27.5. The Kier molecular flexibility index (Phi) is 6.41. The molecule has 0 aromatic heterocycles. The maximum Gasteiger partial charge on any atom is 0.116 e. The van der Waals surface area contributed by atoms with Gasteiger partial charge in [-0.1, -0.05) is 144 Å². The van der Waals surface area contributed by atoms with Gasteiger partial charge >= 0.3 is 0 Å². The fourth-order valence-electron chi connectivity index (χ4n) is 3.73. The molecule has 3 aromatic carbocycles. The highest BCUT2D eigenvalue weighted by atomic mass is 35.5. The SMILES string of the molecule is C[Si](C)(c1ccccc1)c1c(Cl)c(Cl)c([Si](C)(C)c2ccccc2)c(Cl)c1Cl. The molecule has 28 heavy (non-hydrogen) atoms. The molecule has 0 heterocycles. The van der Waals surface area contributed by atoms with Crippen molar-refractivity contribution in [3.05, 3.63) is 80.8 Å². The van der Waals surface area contributed by atoms with Crippen LogP contribution in [0.5, 0.6) is 0 Å². The first-order valence-electron chi connectivity index (χ1n) is 9.08. The highest BCUT2D eigenvalue weighted by molar-refractivity contribution is 7.05. The van der Waals surface area contributed by atoms with E-state index in [0.717, 1.165) is 10.4 Å². The average molecular weight is 484 g/mol. The molecule has 0 saturated heterocycles. The van der Waals surface area contributed by atoms with Gasteiger partial charge in [0.1, 0.15) is 16.1 Å². The first-order valence-corrected chi connectivity index (χ1v) is 16.6. The molecule has 146 valence electrons. The standard InChI is InChI=1S/C22H22Cl4Si2/c1-27(2,15-11-7-5-8-12-15)21-17(23)19(25)22(20(26)18(21)24)28(3,4)16-13-9-6-10-14-16/h5-14H,1-4H3. The van der Waals surface area contributed by atoms with Crippen LogP contribution >= 0.6 is 46.4 Å². The molecule has 0 spiro atoms. The number of halogens is 4. The van der Waals surface area contributed by atoms with Crippen molar-refractivity contribution in [2.75, 3.05) is 0 Å². The van der Waals surface area contributed by atoms with Crippen LogP contribution in [0.3, 0.4) is 0 Å². The van der Waals surface area contributed by atoms with Gasteiger partial charge in [-0.2, -0.15) is 0 Å². The molecule has 0 aliphatic rings. The van der Waals surface area contributed by atoms with Crippen molar-refractivity contribution >= 4 is 83.3 Å².